The Balaban J connectivity index is 1.70. The average Bonchev–Trinajstić information content (AvgIpc) is 3.15. The lowest BCUT2D eigenvalue weighted by molar-refractivity contribution is -0.132. The van der Waals surface area contributed by atoms with Crippen LogP contribution in [0, 0.1) is 6.92 Å². The molecule has 3 N–H and O–H groups in total. The lowest BCUT2D eigenvalue weighted by atomic mass is 10.0. The van der Waals surface area contributed by atoms with Crippen LogP contribution in [0.5, 0.6) is 0 Å². The number of nitrogens with one attached hydrogen (secondary N) is 2. The minimum Gasteiger partial charge on any atom is -0.477 e. The van der Waals surface area contributed by atoms with Crippen molar-refractivity contribution in [2.75, 3.05) is 10.6 Å². The third kappa shape index (κ3) is 3.60. The number of benzene rings is 2. The van der Waals surface area contributed by atoms with Crippen LogP contribution in [0.3, 0.4) is 0 Å². The summed E-state index contributed by atoms with van der Waals surface area (Å²) in [5.41, 5.74) is 2.51. The predicted octanol–water partition coefficient (Wildman–Crippen LogP) is 4.08. The molecule has 8 heteroatoms. The van der Waals surface area contributed by atoms with Gasteiger partial charge in [0.2, 0.25) is 0 Å². The van der Waals surface area contributed by atoms with E-state index in [9.17, 15) is 14.7 Å². The molecule has 3 aromatic rings. The fourth-order valence-electron chi connectivity index (χ4n) is 3.14. The van der Waals surface area contributed by atoms with Gasteiger partial charge in [0.15, 0.2) is 0 Å². The summed E-state index contributed by atoms with van der Waals surface area (Å²) in [6.07, 6.45) is 2.99. The molecule has 0 bridgehead atoms. The Labute approximate surface area is 171 Å². The maximum Gasteiger partial charge on any atom is 0.352 e. The minimum absolute atomic E-state index is 0.0146. The number of nitrogens with zero attached hydrogens (tertiary/aromatic N) is 2. The number of carboxylic acids is 1. The first-order chi connectivity index (χ1) is 13.9. The molecule has 1 aliphatic rings. The second-order valence-corrected chi connectivity index (χ2v) is 7.04. The molecule has 1 aromatic heterocycles. The molecule has 1 atom stereocenters. The molecule has 0 radical (unpaired) electrons. The maximum atomic E-state index is 12.8. The fraction of sp³-hybridized carbons (Fsp3) is 0.0952. The average molecular weight is 409 g/mol. The minimum atomic E-state index is -1.12. The largest absolute Gasteiger partial charge is 0.477 e. The van der Waals surface area contributed by atoms with Gasteiger partial charge in [0.1, 0.15) is 17.1 Å². The molecule has 1 aliphatic heterocycles. The van der Waals surface area contributed by atoms with Crippen LogP contribution in [0.25, 0.3) is 0 Å². The van der Waals surface area contributed by atoms with Crippen molar-refractivity contribution >= 4 is 35.0 Å². The van der Waals surface area contributed by atoms with E-state index in [0.717, 1.165) is 11.1 Å². The van der Waals surface area contributed by atoms with Crippen LogP contribution in [0.4, 0.5) is 11.5 Å². The van der Waals surface area contributed by atoms with Crippen molar-refractivity contribution in [3.63, 3.8) is 0 Å². The number of aliphatic carboxylic acids is 1. The topological polar surface area (TPSA) is 96.3 Å². The van der Waals surface area contributed by atoms with Gasteiger partial charge in [-0.3, -0.25) is 4.79 Å². The number of hydrogen-bond acceptors (Lipinski definition) is 4. The summed E-state index contributed by atoms with van der Waals surface area (Å²) in [4.78, 5) is 24.5. The van der Waals surface area contributed by atoms with Gasteiger partial charge >= 0.3 is 5.97 Å². The molecule has 0 aliphatic carbocycles. The van der Waals surface area contributed by atoms with E-state index in [4.69, 9.17) is 11.6 Å². The van der Waals surface area contributed by atoms with E-state index < -0.39 is 17.9 Å². The molecular weight excluding hydrogens is 392 g/mol. The first kappa shape index (κ1) is 18.8. The second-order valence-electron chi connectivity index (χ2n) is 6.64. The van der Waals surface area contributed by atoms with Crippen LogP contribution in [-0.2, 0) is 4.79 Å². The molecule has 1 amide bonds. The van der Waals surface area contributed by atoms with Gasteiger partial charge in [0.05, 0.1) is 12.2 Å². The number of hydrogen-bond donors (Lipinski definition) is 3. The van der Waals surface area contributed by atoms with Gasteiger partial charge in [-0.25, -0.2) is 9.48 Å². The van der Waals surface area contributed by atoms with E-state index in [0.29, 0.717) is 16.5 Å². The number of halogens is 1. The molecule has 2 aromatic carbocycles. The number of allylic oxidation sites excluding steroid dienone is 1. The van der Waals surface area contributed by atoms with Crippen LogP contribution < -0.4 is 10.6 Å². The molecule has 0 spiro atoms. The zero-order valence-electron chi connectivity index (χ0n) is 15.4. The van der Waals surface area contributed by atoms with Gasteiger partial charge in [-0.1, -0.05) is 48.0 Å². The summed E-state index contributed by atoms with van der Waals surface area (Å²) in [5.74, 6) is -1.22. The molecule has 0 saturated carbocycles. The highest BCUT2D eigenvalue weighted by atomic mass is 35.5. The van der Waals surface area contributed by atoms with Crippen molar-refractivity contribution in [1.29, 1.82) is 0 Å². The number of carbonyl (C=O) groups excluding carboxylic acids is 1. The van der Waals surface area contributed by atoms with E-state index in [-0.39, 0.29) is 11.3 Å². The van der Waals surface area contributed by atoms with Crippen molar-refractivity contribution in [3.8, 4) is 0 Å². The predicted molar refractivity (Wildman–Crippen MR) is 110 cm³/mol. The fourth-order valence-corrected chi connectivity index (χ4v) is 3.32. The molecule has 146 valence electrons. The third-order valence-corrected chi connectivity index (χ3v) is 5.09. The summed E-state index contributed by atoms with van der Waals surface area (Å²) in [7, 11) is 0. The van der Waals surface area contributed by atoms with Crippen molar-refractivity contribution in [1.82, 2.24) is 9.78 Å². The summed E-state index contributed by atoms with van der Waals surface area (Å²) in [5, 5.41) is 20.0. The molecule has 0 fully saturated rings. The van der Waals surface area contributed by atoms with E-state index in [1.165, 1.54) is 6.20 Å². The van der Waals surface area contributed by atoms with E-state index in [1.54, 1.807) is 29.0 Å². The smallest absolute Gasteiger partial charge is 0.352 e. The molecule has 2 heterocycles. The van der Waals surface area contributed by atoms with Gasteiger partial charge in [-0.05, 0) is 36.3 Å². The summed E-state index contributed by atoms with van der Waals surface area (Å²) in [6.45, 7) is 1.87. The summed E-state index contributed by atoms with van der Waals surface area (Å²) >= 11 is 6.13. The number of aryl methyl sites for hydroxylation is 1. The SMILES string of the molecule is Cc1ccc(NC(=O)c2cnn3c2NC(C(=O)O)=C[C@H]3c2ccccc2)cc1Cl. The number of rotatable bonds is 4. The molecule has 0 saturated heterocycles. The standard InChI is InChI=1S/C21H17ClN4O3/c1-12-7-8-14(9-16(12)22)24-20(27)15-11-23-26-18(13-5-3-2-4-6-13)10-17(21(28)29)25-19(15)26/h2-11,18,25H,1H3,(H,24,27)(H,28,29)/t18-/m0/s1. The number of anilines is 2. The van der Waals surface area contributed by atoms with Gasteiger partial charge in [0, 0.05) is 10.7 Å². The number of carboxylic acid groups (broad SMARTS) is 1. The zero-order valence-corrected chi connectivity index (χ0v) is 16.1. The number of aromatic nitrogens is 2. The monoisotopic (exact) mass is 408 g/mol. The van der Waals surface area contributed by atoms with Gasteiger partial charge in [0.25, 0.3) is 5.91 Å². The normalized spacial score (nSPS) is 15.1. The van der Waals surface area contributed by atoms with Crippen molar-refractivity contribution in [2.45, 2.75) is 13.0 Å². The van der Waals surface area contributed by atoms with Crippen LogP contribution in [0.15, 0.2) is 66.5 Å². The van der Waals surface area contributed by atoms with Crippen molar-refractivity contribution in [3.05, 3.63) is 88.2 Å². The van der Waals surface area contributed by atoms with E-state index in [2.05, 4.69) is 15.7 Å². The Bertz CT molecular complexity index is 1140. The highest BCUT2D eigenvalue weighted by Gasteiger charge is 2.29. The Morgan fingerprint density at radius 1 is 1.21 bits per heavy atom. The van der Waals surface area contributed by atoms with Crippen molar-refractivity contribution < 1.29 is 14.7 Å². The summed E-state index contributed by atoms with van der Waals surface area (Å²) in [6, 6.07) is 14.1. The van der Waals surface area contributed by atoms with E-state index in [1.807, 2.05) is 37.3 Å². The second kappa shape index (κ2) is 7.44. The van der Waals surface area contributed by atoms with Gasteiger partial charge < -0.3 is 15.7 Å². The molecule has 29 heavy (non-hydrogen) atoms. The van der Waals surface area contributed by atoms with Crippen LogP contribution >= 0.6 is 11.6 Å². The molecule has 0 unspecified atom stereocenters. The quantitative estimate of drug-likeness (QED) is 0.604. The highest BCUT2D eigenvalue weighted by Crippen LogP contribution is 2.32. The van der Waals surface area contributed by atoms with Crippen LogP contribution in [-0.4, -0.2) is 26.8 Å². The molecular formula is C21H17ClN4O3. The number of carbonyl (C=O) groups is 2. The Morgan fingerprint density at radius 2 is 1.97 bits per heavy atom. The maximum absolute atomic E-state index is 12.8. The number of fused-ring (bicyclic) bond motifs is 1. The first-order valence-electron chi connectivity index (χ1n) is 8.86. The lowest BCUT2D eigenvalue weighted by Crippen LogP contribution is -2.25. The Kier molecular flexibility index (Phi) is 4.82. The first-order valence-corrected chi connectivity index (χ1v) is 9.24. The molecule has 7 nitrogen and oxygen atoms in total. The van der Waals surface area contributed by atoms with Gasteiger partial charge in [-0.2, -0.15) is 5.10 Å². The number of amides is 1. The van der Waals surface area contributed by atoms with Crippen molar-refractivity contribution in [2.24, 2.45) is 0 Å². The third-order valence-electron chi connectivity index (χ3n) is 4.68. The lowest BCUT2D eigenvalue weighted by Gasteiger charge is -2.24. The molecule has 4 rings (SSSR count). The highest BCUT2D eigenvalue weighted by molar-refractivity contribution is 6.31. The van der Waals surface area contributed by atoms with Crippen LogP contribution in [0.1, 0.15) is 27.5 Å². The zero-order chi connectivity index (χ0) is 20.5. The van der Waals surface area contributed by atoms with Crippen LogP contribution in [0.2, 0.25) is 5.02 Å². The Hall–Kier alpha value is -3.58. The van der Waals surface area contributed by atoms with Gasteiger partial charge in [-0.15, -0.1) is 0 Å². The van der Waals surface area contributed by atoms with E-state index >= 15 is 0 Å². The summed E-state index contributed by atoms with van der Waals surface area (Å²) < 4.78 is 1.60. The Morgan fingerprint density at radius 3 is 2.66 bits per heavy atom.